The van der Waals surface area contributed by atoms with E-state index < -0.39 is 0 Å². The van der Waals surface area contributed by atoms with Gasteiger partial charge in [0.05, 0.1) is 11.7 Å². The van der Waals surface area contributed by atoms with Gasteiger partial charge in [-0.05, 0) is 18.1 Å². The zero-order valence-corrected chi connectivity index (χ0v) is 12.8. The number of nitrogens with zero attached hydrogens (tertiary/aromatic N) is 2. The molecule has 5 heteroatoms. The highest BCUT2D eigenvalue weighted by atomic mass is 16.5. The van der Waals surface area contributed by atoms with Gasteiger partial charge in [0.1, 0.15) is 5.76 Å². The molecule has 2 rings (SSSR count). The standard InChI is InChI=1S/C16H21N3O2/c1-10(2)14-9-13(19-21-14)16(20)18-15(11(3)4)12-7-5-6-8-17-12/h5-11,15H,1-4H3,(H,18,20). The van der Waals surface area contributed by atoms with Gasteiger partial charge in [-0.15, -0.1) is 0 Å². The molecule has 0 fully saturated rings. The molecular weight excluding hydrogens is 266 g/mol. The Kier molecular flexibility index (Phi) is 4.73. The third kappa shape index (κ3) is 3.68. The molecule has 2 aromatic heterocycles. The number of rotatable bonds is 5. The lowest BCUT2D eigenvalue weighted by Gasteiger charge is -2.21. The molecule has 1 atom stereocenters. The van der Waals surface area contributed by atoms with Crippen molar-refractivity contribution in [1.29, 1.82) is 0 Å². The summed E-state index contributed by atoms with van der Waals surface area (Å²) in [4.78, 5) is 16.6. The van der Waals surface area contributed by atoms with Crippen molar-refractivity contribution in [3.63, 3.8) is 0 Å². The minimum atomic E-state index is -0.241. The van der Waals surface area contributed by atoms with Gasteiger partial charge < -0.3 is 9.84 Å². The Morgan fingerprint density at radius 2 is 2.00 bits per heavy atom. The molecule has 0 aliphatic rings. The van der Waals surface area contributed by atoms with E-state index in [1.807, 2.05) is 45.9 Å². The lowest BCUT2D eigenvalue weighted by Crippen LogP contribution is -2.32. The third-order valence-corrected chi connectivity index (χ3v) is 3.29. The number of hydrogen-bond acceptors (Lipinski definition) is 4. The van der Waals surface area contributed by atoms with Crippen molar-refractivity contribution in [2.24, 2.45) is 5.92 Å². The highest BCUT2D eigenvalue weighted by molar-refractivity contribution is 5.92. The normalized spacial score (nSPS) is 12.7. The molecule has 0 radical (unpaired) electrons. The van der Waals surface area contributed by atoms with Crippen molar-refractivity contribution < 1.29 is 9.32 Å². The molecule has 1 amide bonds. The van der Waals surface area contributed by atoms with Crippen molar-refractivity contribution >= 4 is 5.91 Å². The van der Waals surface area contributed by atoms with Crippen LogP contribution in [-0.4, -0.2) is 16.0 Å². The molecule has 0 aliphatic heterocycles. The summed E-state index contributed by atoms with van der Waals surface area (Å²) < 4.78 is 5.17. The zero-order chi connectivity index (χ0) is 15.4. The summed E-state index contributed by atoms with van der Waals surface area (Å²) in [5.74, 6) is 0.894. The van der Waals surface area contributed by atoms with Gasteiger partial charge in [-0.25, -0.2) is 0 Å². The van der Waals surface area contributed by atoms with E-state index in [0.29, 0.717) is 11.5 Å². The lowest BCUT2D eigenvalue weighted by molar-refractivity contribution is 0.0915. The zero-order valence-electron chi connectivity index (χ0n) is 12.8. The maximum Gasteiger partial charge on any atom is 0.274 e. The molecule has 21 heavy (non-hydrogen) atoms. The van der Waals surface area contributed by atoms with Gasteiger partial charge in [0, 0.05) is 18.2 Å². The van der Waals surface area contributed by atoms with Crippen LogP contribution in [0, 0.1) is 5.92 Å². The van der Waals surface area contributed by atoms with Crippen LogP contribution in [0.2, 0.25) is 0 Å². The van der Waals surface area contributed by atoms with Gasteiger partial charge in [-0.3, -0.25) is 9.78 Å². The van der Waals surface area contributed by atoms with Gasteiger partial charge in [0.15, 0.2) is 5.69 Å². The topological polar surface area (TPSA) is 68.0 Å². The molecule has 0 spiro atoms. The van der Waals surface area contributed by atoms with Gasteiger partial charge in [0.2, 0.25) is 0 Å². The predicted octanol–water partition coefficient (Wildman–Crippen LogP) is 3.32. The Morgan fingerprint density at radius 1 is 1.24 bits per heavy atom. The predicted molar refractivity (Wildman–Crippen MR) is 79.9 cm³/mol. The van der Waals surface area contributed by atoms with E-state index >= 15 is 0 Å². The Labute approximate surface area is 124 Å². The molecule has 0 aromatic carbocycles. The minimum Gasteiger partial charge on any atom is -0.360 e. The largest absolute Gasteiger partial charge is 0.360 e. The number of aromatic nitrogens is 2. The van der Waals surface area contributed by atoms with Gasteiger partial charge in [-0.1, -0.05) is 38.9 Å². The van der Waals surface area contributed by atoms with Gasteiger partial charge in [-0.2, -0.15) is 0 Å². The lowest BCUT2D eigenvalue weighted by atomic mass is 10.00. The average Bonchev–Trinajstić information content (AvgIpc) is 2.95. The second-order valence-corrected chi connectivity index (χ2v) is 5.72. The first-order valence-electron chi connectivity index (χ1n) is 7.17. The van der Waals surface area contributed by atoms with Crippen LogP contribution in [0.25, 0.3) is 0 Å². The number of carbonyl (C=O) groups is 1. The summed E-state index contributed by atoms with van der Waals surface area (Å²) in [6, 6.07) is 7.22. The van der Waals surface area contributed by atoms with Crippen LogP contribution in [0.4, 0.5) is 0 Å². The number of amides is 1. The maximum atomic E-state index is 12.3. The molecule has 1 N–H and O–H groups in total. The van der Waals surface area contributed by atoms with Crippen molar-refractivity contribution in [1.82, 2.24) is 15.5 Å². The highest BCUT2D eigenvalue weighted by Gasteiger charge is 2.22. The van der Waals surface area contributed by atoms with Gasteiger partial charge in [0.25, 0.3) is 5.91 Å². The monoisotopic (exact) mass is 287 g/mol. The molecule has 0 saturated heterocycles. The van der Waals surface area contributed by atoms with Crippen LogP contribution in [0.3, 0.4) is 0 Å². The highest BCUT2D eigenvalue weighted by Crippen LogP contribution is 2.21. The minimum absolute atomic E-state index is 0.155. The molecule has 0 bridgehead atoms. The molecule has 1 unspecified atom stereocenters. The van der Waals surface area contributed by atoms with E-state index in [4.69, 9.17) is 4.52 Å². The van der Waals surface area contributed by atoms with Gasteiger partial charge >= 0.3 is 0 Å². The summed E-state index contributed by atoms with van der Waals surface area (Å²) in [6.45, 7) is 8.07. The van der Waals surface area contributed by atoms with Crippen LogP contribution in [0.15, 0.2) is 35.0 Å². The number of carbonyl (C=O) groups excluding carboxylic acids is 1. The molecule has 112 valence electrons. The Hall–Kier alpha value is -2.17. The summed E-state index contributed by atoms with van der Waals surface area (Å²) >= 11 is 0. The second kappa shape index (κ2) is 6.52. The van der Waals surface area contributed by atoms with Crippen molar-refractivity contribution in [3.05, 3.63) is 47.6 Å². The van der Waals surface area contributed by atoms with Crippen molar-refractivity contribution in [2.45, 2.75) is 39.7 Å². The van der Waals surface area contributed by atoms with E-state index in [0.717, 1.165) is 5.69 Å². The van der Waals surface area contributed by atoms with Crippen LogP contribution in [0.1, 0.15) is 61.6 Å². The summed E-state index contributed by atoms with van der Waals surface area (Å²) in [6.07, 6.45) is 1.73. The number of hydrogen-bond donors (Lipinski definition) is 1. The SMILES string of the molecule is CC(C)c1cc(C(=O)NC(c2ccccn2)C(C)C)no1. The molecule has 0 saturated carbocycles. The van der Waals surface area contributed by atoms with E-state index in [9.17, 15) is 4.79 Å². The van der Waals surface area contributed by atoms with Crippen molar-refractivity contribution in [2.75, 3.05) is 0 Å². The fourth-order valence-corrected chi connectivity index (χ4v) is 2.03. The van der Waals surface area contributed by atoms with Crippen LogP contribution in [0.5, 0.6) is 0 Å². The van der Waals surface area contributed by atoms with Crippen LogP contribution in [-0.2, 0) is 0 Å². The van der Waals surface area contributed by atoms with Crippen molar-refractivity contribution in [3.8, 4) is 0 Å². The molecule has 2 heterocycles. The average molecular weight is 287 g/mol. The Morgan fingerprint density at radius 3 is 2.52 bits per heavy atom. The fraction of sp³-hybridized carbons (Fsp3) is 0.438. The van der Waals surface area contributed by atoms with Crippen LogP contribution >= 0.6 is 0 Å². The Bertz CT molecular complexity index is 591. The molecule has 0 aliphatic carbocycles. The molecule has 5 nitrogen and oxygen atoms in total. The quantitative estimate of drug-likeness (QED) is 0.916. The summed E-state index contributed by atoms with van der Waals surface area (Å²) in [5, 5.41) is 6.81. The molecular formula is C16H21N3O2. The second-order valence-electron chi connectivity index (χ2n) is 5.72. The smallest absolute Gasteiger partial charge is 0.274 e. The fourth-order valence-electron chi connectivity index (χ4n) is 2.03. The first-order chi connectivity index (χ1) is 9.99. The molecule has 2 aromatic rings. The summed E-state index contributed by atoms with van der Waals surface area (Å²) in [7, 11) is 0. The third-order valence-electron chi connectivity index (χ3n) is 3.29. The van der Waals surface area contributed by atoms with E-state index in [-0.39, 0.29) is 23.8 Å². The van der Waals surface area contributed by atoms with Crippen LogP contribution < -0.4 is 5.32 Å². The Balaban J connectivity index is 2.15. The maximum absolute atomic E-state index is 12.3. The number of pyridine rings is 1. The van der Waals surface area contributed by atoms with E-state index in [1.54, 1.807) is 12.3 Å². The summed E-state index contributed by atoms with van der Waals surface area (Å²) in [5.41, 5.74) is 1.15. The first kappa shape index (κ1) is 15.2. The van der Waals surface area contributed by atoms with E-state index in [2.05, 4.69) is 15.5 Å². The number of nitrogens with one attached hydrogen (secondary N) is 1. The van der Waals surface area contributed by atoms with E-state index in [1.165, 1.54) is 0 Å². The first-order valence-corrected chi connectivity index (χ1v) is 7.17.